The molecule has 2 heterocycles. The van der Waals surface area contributed by atoms with Gasteiger partial charge >= 0.3 is 0 Å². The molecule has 0 aliphatic heterocycles. The second kappa shape index (κ2) is 9.32. The topological polar surface area (TPSA) is 100 Å². The number of methoxy groups -OCH3 is 1. The third-order valence-corrected chi connectivity index (χ3v) is 4.73. The molecule has 0 spiro atoms. The maximum Gasteiger partial charge on any atom is 0.209 e. The standard InChI is InChI=1S/C23H19ClN6O2/c1-32-22-13-18(30-15-16(24)14-26-30)7-8-20(22)29-12-10-21(31)23(28-29)19(9-11-25)27-17-5-3-2-4-6-17/h2-15H,25H2,1H3. The number of aromatic nitrogens is 4. The number of allylic oxidation sites excluding steroid dienone is 1. The monoisotopic (exact) mass is 446 g/mol. The van der Waals surface area contributed by atoms with Crippen LogP contribution in [0, 0.1) is 0 Å². The van der Waals surface area contributed by atoms with E-state index in [1.54, 1.807) is 47.2 Å². The number of hydrogen-bond donors (Lipinski definition) is 1. The van der Waals surface area contributed by atoms with Gasteiger partial charge in [0.1, 0.15) is 11.4 Å². The minimum absolute atomic E-state index is 0.156. The molecule has 2 aromatic heterocycles. The summed E-state index contributed by atoms with van der Waals surface area (Å²) in [5.41, 5.74) is 7.89. The highest BCUT2D eigenvalue weighted by atomic mass is 35.5. The van der Waals surface area contributed by atoms with E-state index >= 15 is 0 Å². The molecule has 0 unspecified atom stereocenters. The zero-order valence-electron chi connectivity index (χ0n) is 17.1. The lowest BCUT2D eigenvalue weighted by Gasteiger charge is -2.13. The molecule has 4 rings (SSSR count). The summed E-state index contributed by atoms with van der Waals surface area (Å²) in [6.45, 7) is 0. The molecule has 2 aromatic carbocycles. The van der Waals surface area contributed by atoms with Gasteiger partial charge in [0, 0.05) is 24.5 Å². The van der Waals surface area contributed by atoms with Gasteiger partial charge in [-0.1, -0.05) is 29.8 Å². The average molecular weight is 447 g/mol. The molecule has 0 fully saturated rings. The Bertz CT molecular complexity index is 1360. The Labute approximate surface area is 188 Å². The van der Waals surface area contributed by atoms with Crippen molar-refractivity contribution in [2.24, 2.45) is 10.7 Å². The van der Waals surface area contributed by atoms with Crippen LogP contribution in [0.4, 0.5) is 5.69 Å². The quantitative estimate of drug-likeness (QED) is 0.455. The van der Waals surface area contributed by atoms with Crippen LogP contribution in [-0.2, 0) is 0 Å². The number of halogens is 1. The normalized spacial score (nSPS) is 11.8. The van der Waals surface area contributed by atoms with Gasteiger partial charge in [0.2, 0.25) is 5.43 Å². The third-order valence-electron chi connectivity index (χ3n) is 4.54. The average Bonchev–Trinajstić information content (AvgIpc) is 3.26. The number of hydrogen-bond acceptors (Lipinski definition) is 6. The fraction of sp³-hybridized carbons (Fsp3) is 0.0435. The molecule has 0 aliphatic rings. The Kier molecular flexibility index (Phi) is 6.14. The largest absolute Gasteiger partial charge is 0.494 e. The minimum atomic E-state index is -0.282. The van der Waals surface area contributed by atoms with Crippen molar-refractivity contribution in [2.75, 3.05) is 7.11 Å². The van der Waals surface area contributed by atoms with Gasteiger partial charge in [-0.2, -0.15) is 10.2 Å². The lowest BCUT2D eigenvalue weighted by Crippen LogP contribution is -2.20. The number of ether oxygens (including phenoxy) is 1. The highest BCUT2D eigenvalue weighted by molar-refractivity contribution is 6.30. The van der Waals surface area contributed by atoms with Crippen LogP contribution in [0.5, 0.6) is 5.75 Å². The van der Waals surface area contributed by atoms with E-state index in [1.165, 1.54) is 12.3 Å². The van der Waals surface area contributed by atoms with Gasteiger partial charge in [0.25, 0.3) is 0 Å². The maximum atomic E-state index is 12.6. The van der Waals surface area contributed by atoms with Crippen LogP contribution in [0.2, 0.25) is 5.02 Å². The van der Waals surface area contributed by atoms with Gasteiger partial charge in [-0.25, -0.2) is 14.4 Å². The van der Waals surface area contributed by atoms with Crippen LogP contribution in [0.1, 0.15) is 5.69 Å². The Hall–Kier alpha value is -4.17. The summed E-state index contributed by atoms with van der Waals surface area (Å²) in [4.78, 5) is 17.1. The summed E-state index contributed by atoms with van der Waals surface area (Å²) in [5, 5.41) is 9.25. The Morgan fingerprint density at radius 1 is 1.16 bits per heavy atom. The van der Waals surface area contributed by atoms with Crippen molar-refractivity contribution in [1.29, 1.82) is 0 Å². The van der Waals surface area contributed by atoms with E-state index < -0.39 is 0 Å². The van der Waals surface area contributed by atoms with E-state index in [2.05, 4.69) is 15.2 Å². The number of benzene rings is 2. The molecule has 0 amide bonds. The third kappa shape index (κ3) is 4.45. The van der Waals surface area contributed by atoms with Gasteiger partial charge < -0.3 is 10.5 Å². The first kappa shape index (κ1) is 21.1. The van der Waals surface area contributed by atoms with Gasteiger partial charge in [-0.15, -0.1) is 0 Å². The number of nitrogens with two attached hydrogens (primary N) is 1. The molecule has 0 atom stereocenters. The summed E-state index contributed by atoms with van der Waals surface area (Å²) in [6, 6.07) is 16.2. The summed E-state index contributed by atoms with van der Waals surface area (Å²) in [7, 11) is 1.56. The number of para-hydroxylation sites is 1. The smallest absolute Gasteiger partial charge is 0.209 e. The number of aliphatic imine (C=N–C) groups is 1. The lowest BCUT2D eigenvalue weighted by atomic mass is 10.2. The molecular formula is C23H19ClN6O2. The summed E-state index contributed by atoms with van der Waals surface area (Å²) >= 11 is 5.97. The predicted molar refractivity (Wildman–Crippen MR) is 124 cm³/mol. The first-order valence-corrected chi connectivity index (χ1v) is 9.98. The predicted octanol–water partition coefficient (Wildman–Crippen LogP) is 3.67. The van der Waals surface area contributed by atoms with Crippen LogP contribution in [0.25, 0.3) is 11.4 Å². The fourth-order valence-corrected chi connectivity index (χ4v) is 3.20. The summed E-state index contributed by atoms with van der Waals surface area (Å²) in [5.74, 6) is 0.534. The van der Waals surface area contributed by atoms with Crippen molar-refractivity contribution in [3.8, 4) is 17.1 Å². The first-order chi connectivity index (χ1) is 15.6. The van der Waals surface area contributed by atoms with Gasteiger partial charge in [-0.3, -0.25) is 4.79 Å². The van der Waals surface area contributed by atoms with Crippen LogP contribution >= 0.6 is 11.6 Å². The Morgan fingerprint density at radius 2 is 1.97 bits per heavy atom. The molecule has 0 saturated carbocycles. The summed E-state index contributed by atoms with van der Waals surface area (Å²) < 4.78 is 8.76. The van der Waals surface area contributed by atoms with Crippen molar-refractivity contribution < 1.29 is 4.74 Å². The van der Waals surface area contributed by atoms with Crippen molar-refractivity contribution in [3.05, 3.63) is 106 Å². The molecule has 32 heavy (non-hydrogen) atoms. The van der Waals surface area contributed by atoms with E-state index in [1.807, 2.05) is 42.5 Å². The zero-order valence-corrected chi connectivity index (χ0v) is 17.8. The molecule has 0 aliphatic carbocycles. The molecule has 2 N–H and O–H groups in total. The van der Waals surface area contributed by atoms with Crippen LogP contribution in [0.15, 0.2) is 95.3 Å². The van der Waals surface area contributed by atoms with Crippen LogP contribution in [0.3, 0.4) is 0 Å². The highest BCUT2D eigenvalue weighted by Gasteiger charge is 2.13. The first-order valence-electron chi connectivity index (χ1n) is 9.60. The molecule has 9 heteroatoms. The van der Waals surface area contributed by atoms with E-state index in [-0.39, 0.29) is 11.1 Å². The van der Waals surface area contributed by atoms with E-state index in [0.29, 0.717) is 27.9 Å². The fourth-order valence-electron chi connectivity index (χ4n) is 3.06. The molecule has 0 radical (unpaired) electrons. The molecular weight excluding hydrogens is 428 g/mol. The van der Waals surface area contributed by atoms with Crippen LogP contribution < -0.4 is 15.9 Å². The summed E-state index contributed by atoms with van der Waals surface area (Å²) in [6.07, 6.45) is 7.68. The van der Waals surface area contributed by atoms with Gasteiger partial charge in [-0.05, 0) is 36.5 Å². The molecule has 4 aromatic rings. The molecule has 160 valence electrons. The number of nitrogens with zero attached hydrogens (tertiary/aromatic N) is 5. The highest BCUT2D eigenvalue weighted by Crippen LogP contribution is 2.26. The zero-order chi connectivity index (χ0) is 22.5. The van der Waals surface area contributed by atoms with E-state index in [4.69, 9.17) is 22.1 Å². The molecule has 0 saturated heterocycles. The van der Waals surface area contributed by atoms with Gasteiger partial charge in [0.15, 0.2) is 5.69 Å². The van der Waals surface area contributed by atoms with Crippen molar-refractivity contribution in [2.45, 2.75) is 0 Å². The van der Waals surface area contributed by atoms with Crippen molar-refractivity contribution in [1.82, 2.24) is 19.6 Å². The Balaban J connectivity index is 1.80. The van der Waals surface area contributed by atoms with Crippen molar-refractivity contribution in [3.63, 3.8) is 0 Å². The number of rotatable bonds is 6. The van der Waals surface area contributed by atoms with Gasteiger partial charge in [0.05, 0.1) is 35.4 Å². The second-order valence-corrected chi connectivity index (χ2v) is 7.06. The molecule has 0 bridgehead atoms. The molecule has 8 nitrogen and oxygen atoms in total. The second-order valence-electron chi connectivity index (χ2n) is 6.62. The van der Waals surface area contributed by atoms with Crippen molar-refractivity contribution >= 4 is 23.0 Å². The lowest BCUT2D eigenvalue weighted by molar-refractivity contribution is 0.411. The SMILES string of the molecule is COc1cc(-n2cc(Cl)cn2)ccc1-n1ccc(=O)c(C(C=CN)=Nc2ccccc2)n1. The minimum Gasteiger partial charge on any atom is -0.494 e. The van der Waals surface area contributed by atoms with E-state index in [0.717, 1.165) is 5.69 Å². The Morgan fingerprint density at radius 3 is 2.66 bits per heavy atom. The van der Waals surface area contributed by atoms with Crippen LogP contribution in [-0.4, -0.2) is 32.4 Å². The van der Waals surface area contributed by atoms with E-state index in [9.17, 15) is 4.79 Å². The maximum absolute atomic E-state index is 12.6.